The Bertz CT molecular complexity index is 1070. The van der Waals surface area contributed by atoms with Crippen LogP contribution in [0.15, 0.2) is 18.2 Å². The van der Waals surface area contributed by atoms with Crippen molar-refractivity contribution in [3.05, 3.63) is 33.8 Å². The van der Waals surface area contributed by atoms with Crippen LogP contribution in [0.2, 0.25) is 10.0 Å². The summed E-state index contributed by atoms with van der Waals surface area (Å²) >= 11 is 12.7. The van der Waals surface area contributed by atoms with Crippen molar-refractivity contribution in [1.29, 1.82) is 0 Å². The summed E-state index contributed by atoms with van der Waals surface area (Å²) in [5.74, 6) is 2.38. The Morgan fingerprint density at radius 1 is 1.00 bits per heavy atom. The summed E-state index contributed by atoms with van der Waals surface area (Å²) in [7, 11) is -3.07. The number of rotatable bonds is 9. The van der Waals surface area contributed by atoms with E-state index >= 15 is 0 Å². The number of hydrogen-bond donors (Lipinski definition) is 0. The number of carbonyl (C=O) groups excluding carboxylic acids is 1. The molecule has 1 aliphatic carbocycles. The third-order valence-corrected chi connectivity index (χ3v) is 11.3. The van der Waals surface area contributed by atoms with Crippen molar-refractivity contribution in [3.8, 4) is 0 Å². The van der Waals surface area contributed by atoms with Crippen molar-refractivity contribution in [2.45, 2.75) is 56.8 Å². The summed E-state index contributed by atoms with van der Waals surface area (Å²) in [6.07, 6.45) is 9.43. The predicted octanol–water partition coefficient (Wildman–Crippen LogP) is 4.65. The molecule has 1 amide bonds. The van der Waals surface area contributed by atoms with Crippen LogP contribution < -0.4 is 0 Å². The molecule has 0 aromatic heterocycles. The van der Waals surface area contributed by atoms with Gasteiger partial charge >= 0.3 is 0 Å². The molecule has 200 valence electrons. The third-order valence-electron chi connectivity index (χ3n) is 9.23. The molecule has 0 radical (unpaired) electrons. The molecular formula is C27H39Cl2N3O3S. The summed E-state index contributed by atoms with van der Waals surface area (Å²) in [6.45, 7) is 6.12. The van der Waals surface area contributed by atoms with Crippen LogP contribution in [0.1, 0.15) is 56.9 Å². The molecule has 1 saturated carbocycles. The molecule has 36 heavy (non-hydrogen) atoms. The Balaban J connectivity index is 1.21. The van der Waals surface area contributed by atoms with E-state index in [-0.39, 0.29) is 11.3 Å². The Hall–Kier alpha value is -0.860. The van der Waals surface area contributed by atoms with Gasteiger partial charge in [-0.1, -0.05) is 42.1 Å². The number of carbonyl (C=O) groups is 1. The molecule has 0 spiro atoms. The molecule has 3 heterocycles. The van der Waals surface area contributed by atoms with Gasteiger partial charge in [-0.2, -0.15) is 0 Å². The highest BCUT2D eigenvalue weighted by Crippen LogP contribution is 2.42. The fourth-order valence-corrected chi connectivity index (χ4v) is 7.71. The molecule has 5 rings (SSSR count). The van der Waals surface area contributed by atoms with E-state index in [1.165, 1.54) is 24.7 Å². The van der Waals surface area contributed by atoms with Crippen molar-refractivity contribution in [2.75, 3.05) is 52.1 Å². The summed E-state index contributed by atoms with van der Waals surface area (Å²) in [5.41, 5.74) is 1.10. The van der Waals surface area contributed by atoms with E-state index in [0.29, 0.717) is 41.4 Å². The maximum atomic E-state index is 12.8. The van der Waals surface area contributed by atoms with Gasteiger partial charge in [0.25, 0.3) is 0 Å². The number of piperidine rings is 2. The first-order valence-electron chi connectivity index (χ1n) is 13.5. The van der Waals surface area contributed by atoms with E-state index in [0.717, 1.165) is 70.7 Å². The van der Waals surface area contributed by atoms with Crippen LogP contribution in [0.25, 0.3) is 0 Å². The number of halogens is 2. The zero-order chi connectivity index (χ0) is 25.5. The quantitative estimate of drug-likeness (QED) is 0.445. The average molecular weight is 557 g/mol. The van der Waals surface area contributed by atoms with E-state index < -0.39 is 10.0 Å². The number of hydrogen-bond acceptors (Lipinski definition) is 4. The Morgan fingerprint density at radius 2 is 1.72 bits per heavy atom. The average Bonchev–Trinajstić information content (AvgIpc) is 3.64. The number of nitrogens with zero attached hydrogens (tertiary/aromatic N) is 3. The Labute approximate surface area is 226 Å². The fraction of sp³-hybridized carbons (Fsp3) is 0.741. The summed E-state index contributed by atoms with van der Waals surface area (Å²) in [5, 5.41) is 1.15. The van der Waals surface area contributed by atoms with Gasteiger partial charge in [0, 0.05) is 51.1 Å². The molecule has 1 aromatic rings. The van der Waals surface area contributed by atoms with Gasteiger partial charge in [-0.15, -0.1) is 0 Å². The van der Waals surface area contributed by atoms with Crippen molar-refractivity contribution >= 4 is 39.1 Å². The molecule has 4 aliphatic rings. The largest absolute Gasteiger partial charge is 0.342 e. The normalized spacial score (nSPS) is 27.4. The van der Waals surface area contributed by atoms with E-state index in [1.807, 2.05) is 12.1 Å². The SMILES string of the molecule is CS(=O)(=O)N1CCC(C2CN(CC[C@]3(c4ccc(Cl)c(Cl)c4)CCC(=O)N(CCC4CC4)C3)C2)CC1. The van der Waals surface area contributed by atoms with Crippen molar-refractivity contribution < 1.29 is 13.2 Å². The van der Waals surface area contributed by atoms with Crippen LogP contribution in [-0.4, -0.2) is 80.5 Å². The van der Waals surface area contributed by atoms with Gasteiger partial charge < -0.3 is 9.80 Å². The molecule has 1 atom stereocenters. The van der Waals surface area contributed by atoms with Gasteiger partial charge in [-0.3, -0.25) is 4.79 Å². The first-order chi connectivity index (χ1) is 17.1. The number of benzene rings is 1. The van der Waals surface area contributed by atoms with Crippen LogP contribution in [-0.2, 0) is 20.2 Å². The fourth-order valence-electron chi connectivity index (χ4n) is 6.54. The second-order valence-corrected chi connectivity index (χ2v) is 14.5. The van der Waals surface area contributed by atoms with Gasteiger partial charge in [0.15, 0.2) is 0 Å². The third kappa shape index (κ3) is 6.06. The Kier molecular flexibility index (Phi) is 7.96. The molecule has 3 saturated heterocycles. The predicted molar refractivity (Wildman–Crippen MR) is 145 cm³/mol. The lowest BCUT2D eigenvalue weighted by molar-refractivity contribution is -0.136. The maximum Gasteiger partial charge on any atom is 0.222 e. The Morgan fingerprint density at radius 3 is 2.36 bits per heavy atom. The van der Waals surface area contributed by atoms with Crippen molar-refractivity contribution in [1.82, 2.24) is 14.1 Å². The monoisotopic (exact) mass is 555 g/mol. The molecule has 6 nitrogen and oxygen atoms in total. The first kappa shape index (κ1) is 26.7. The van der Waals surface area contributed by atoms with Gasteiger partial charge in [0.1, 0.15) is 0 Å². The van der Waals surface area contributed by atoms with Gasteiger partial charge in [-0.05, 0) is 74.1 Å². The highest BCUT2D eigenvalue weighted by atomic mass is 35.5. The first-order valence-corrected chi connectivity index (χ1v) is 16.1. The lowest BCUT2D eigenvalue weighted by Gasteiger charge is -2.48. The minimum Gasteiger partial charge on any atom is -0.342 e. The minimum atomic E-state index is -3.07. The molecule has 9 heteroatoms. The molecule has 0 N–H and O–H groups in total. The summed E-state index contributed by atoms with van der Waals surface area (Å²) in [6, 6.07) is 6.03. The number of likely N-dealkylation sites (tertiary alicyclic amines) is 2. The zero-order valence-corrected chi connectivity index (χ0v) is 23.6. The maximum absolute atomic E-state index is 12.8. The van der Waals surface area contributed by atoms with Crippen molar-refractivity contribution in [2.24, 2.45) is 17.8 Å². The molecule has 1 aromatic carbocycles. The van der Waals surface area contributed by atoms with E-state index in [1.54, 1.807) is 4.31 Å². The lowest BCUT2D eigenvalue weighted by Crippen LogP contribution is -2.55. The van der Waals surface area contributed by atoms with Crippen LogP contribution in [0.3, 0.4) is 0 Å². The molecule has 0 unspecified atom stereocenters. The van der Waals surface area contributed by atoms with Crippen molar-refractivity contribution in [3.63, 3.8) is 0 Å². The second kappa shape index (κ2) is 10.7. The van der Waals surface area contributed by atoms with Crippen LogP contribution in [0.5, 0.6) is 0 Å². The van der Waals surface area contributed by atoms with Crippen LogP contribution in [0, 0.1) is 17.8 Å². The van der Waals surface area contributed by atoms with E-state index in [4.69, 9.17) is 23.2 Å². The van der Waals surface area contributed by atoms with Gasteiger partial charge in [0.2, 0.25) is 15.9 Å². The molecule has 3 aliphatic heterocycles. The smallest absolute Gasteiger partial charge is 0.222 e. The standard InChI is InChI=1S/C27H39Cl2N3O3S/c1-36(34,35)32-13-8-21(9-14-32)22-17-30(18-22)15-11-27(23-4-5-24(28)25(29)16-23)10-6-26(33)31(19-27)12-7-20-2-3-20/h4-5,16,20-22H,2-3,6-15,17-19H2,1H3/t27-/m1/s1. The minimum absolute atomic E-state index is 0.0996. The summed E-state index contributed by atoms with van der Waals surface area (Å²) in [4.78, 5) is 17.5. The van der Waals surface area contributed by atoms with Gasteiger partial charge in [0.05, 0.1) is 16.3 Å². The summed E-state index contributed by atoms with van der Waals surface area (Å²) < 4.78 is 25.3. The highest BCUT2D eigenvalue weighted by Gasteiger charge is 2.42. The number of amides is 1. The van der Waals surface area contributed by atoms with Crippen LogP contribution >= 0.6 is 23.2 Å². The van der Waals surface area contributed by atoms with Crippen LogP contribution in [0.4, 0.5) is 0 Å². The highest BCUT2D eigenvalue weighted by molar-refractivity contribution is 7.88. The second-order valence-electron chi connectivity index (χ2n) is 11.7. The van der Waals surface area contributed by atoms with Gasteiger partial charge in [-0.25, -0.2) is 12.7 Å². The topological polar surface area (TPSA) is 60.9 Å². The number of sulfonamides is 1. The lowest BCUT2D eigenvalue weighted by atomic mass is 9.71. The van der Waals surface area contributed by atoms with E-state index in [9.17, 15) is 13.2 Å². The zero-order valence-electron chi connectivity index (χ0n) is 21.3. The molecule has 0 bridgehead atoms. The molecular weight excluding hydrogens is 517 g/mol. The van der Waals surface area contributed by atoms with E-state index in [2.05, 4.69) is 15.9 Å². The molecule has 4 fully saturated rings.